The summed E-state index contributed by atoms with van der Waals surface area (Å²) in [6.07, 6.45) is 2.68. The number of rotatable bonds is 4. The molecule has 0 bridgehead atoms. The topological polar surface area (TPSA) is 108 Å². The Morgan fingerprint density at radius 2 is 2.00 bits per heavy atom. The summed E-state index contributed by atoms with van der Waals surface area (Å²) in [5.74, 6) is -0.576. The van der Waals surface area contributed by atoms with E-state index in [1.807, 2.05) is 0 Å². The largest absolute Gasteiger partial charge is 0.481 e. The fourth-order valence-electron chi connectivity index (χ4n) is 1.12. The van der Waals surface area contributed by atoms with Crippen molar-refractivity contribution in [2.24, 2.45) is 0 Å². The molecule has 0 aliphatic heterocycles. The first-order chi connectivity index (χ1) is 7.58. The molecule has 0 unspecified atom stereocenters. The second kappa shape index (κ2) is 3.72. The number of aromatic nitrogens is 1. The van der Waals surface area contributed by atoms with Crippen molar-refractivity contribution in [2.75, 3.05) is 0 Å². The normalized spacial score (nSPS) is 14.5. The Kier molecular flexibility index (Phi) is 2.39. The van der Waals surface area contributed by atoms with Crippen LogP contribution in [0, 0.1) is 20.2 Å². The van der Waals surface area contributed by atoms with Gasteiger partial charge in [0.25, 0.3) is 0 Å². The summed E-state index contributed by atoms with van der Waals surface area (Å²) in [5.41, 5.74) is -0.423. The first-order valence-electron chi connectivity index (χ1n) is 4.53. The maximum Gasteiger partial charge on any atom is 0.370 e. The van der Waals surface area contributed by atoms with Gasteiger partial charge in [-0.3, -0.25) is 10.1 Å². The third-order valence-electron chi connectivity index (χ3n) is 2.03. The summed E-state index contributed by atoms with van der Waals surface area (Å²) in [6.45, 7) is 0. The standard InChI is InChI=1S/C8H7N3O5/c12-10(13)6-3-8(11(14)15)9-4-7(6)16-5-1-2-5/h3-5H,1-2H2. The molecule has 16 heavy (non-hydrogen) atoms. The van der Waals surface area contributed by atoms with E-state index in [1.165, 1.54) is 0 Å². The van der Waals surface area contributed by atoms with E-state index in [1.54, 1.807) is 0 Å². The summed E-state index contributed by atoms with van der Waals surface area (Å²) in [5, 5.41) is 21.1. The van der Waals surface area contributed by atoms with Crippen LogP contribution in [0.1, 0.15) is 12.8 Å². The van der Waals surface area contributed by atoms with Gasteiger partial charge in [-0.15, -0.1) is 0 Å². The molecule has 0 spiro atoms. The maximum atomic E-state index is 10.7. The lowest BCUT2D eigenvalue weighted by atomic mass is 10.3. The van der Waals surface area contributed by atoms with Crippen LogP contribution in [0.2, 0.25) is 0 Å². The monoisotopic (exact) mass is 225 g/mol. The van der Waals surface area contributed by atoms with Gasteiger partial charge in [-0.25, -0.2) is 0 Å². The molecule has 1 aliphatic rings. The Hall–Kier alpha value is -2.25. The van der Waals surface area contributed by atoms with Crippen molar-refractivity contribution in [1.82, 2.24) is 4.98 Å². The van der Waals surface area contributed by atoms with E-state index >= 15 is 0 Å². The Balaban J connectivity index is 2.35. The van der Waals surface area contributed by atoms with Crippen LogP contribution in [-0.4, -0.2) is 20.9 Å². The third-order valence-corrected chi connectivity index (χ3v) is 2.03. The Morgan fingerprint density at radius 3 is 2.50 bits per heavy atom. The average Bonchev–Trinajstić information content (AvgIpc) is 3.01. The summed E-state index contributed by atoms with van der Waals surface area (Å²) in [6, 6.07) is 0.803. The van der Waals surface area contributed by atoms with E-state index in [2.05, 4.69) is 4.98 Å². The molecule has 1 heterocycles. The molecule has 1 fully saturated rings. The van der Waals surface area contributed by atoms with E-state index in [-0.39, 0.29) is 11.9 Å². The van der Waals surface area contributed by atoms with Crippen molar-refractivity contribution in [3.05, 3.63) is 32.5 Å². The minimum atomic E-state index is -0.784. The molecule has 0 N–H and O–H groups in total. The number of hydrogen-bond acceptors (Lipinski definition) is 6. The zero-order chi connectivity index (χ0) is 11.7. The van der Waals surface area contributed by atoms with Gasteiger partial charge < -0.3 is 14.9 Å². The SMILES string of the molecule is O=[N+]([O-])c1cc([N+](=O)[O-])c(OC2CC2)cn1. The zero-order valence-electron chi connectivity index (χ0n) is 8.03. The first-order valence-corrected chi connectivity index (χ1v) is 4.53. The zero-order valence-corrected chi connectivity index (χ0v) is 8.03. The molecule has 1 aromatic rings. The Morgan fingerprint density at radius 1 is 1.31 bits per heavy atom. The van der Waals surface area contributed by atoms with Gasteiger partial charge in [0.05, 0.1) is 11.0 Å². The van der Waals surface area contributed by atoms with Crippen molar-refractivity contribution in [1.29, 1.82) is 0 Å². The predicted molar refractivity (Wildman–Crippen MR) is 51.2 cm³/mol. The van der Waals surface area contributed by atoms with E-state index in [0.29, 0.717) is 0 Å². The quantitative estimate of drug-likeness (QED) is 0.566. The fourth-order valence-corrected chi connectivity index (χ4v) is 1.12. The van der Waals surface area contributed by atoms with Gasteiger partial charge in [0.1, 0.15) is 6.07 Å². The summed E-state index contributed by atoms with van der Waals surface area (Å²) < 4.78 is 5.23. The van der Waals surface area contributed by atoms with Gasteiger partial charge in [-0.05, 0) is 22.7 Å². The van der Waals surface area contributed by atoms with E-state index in [4.69, 9.17) is 4.74 Å². The minimum absolute atomic E-state index is 0.0156. The molecule has 1 saturated carbocycles. The number of hydrogen-bond donors (Lipinski definition) is 0. The lowest BCUT2D eigenvalue weighted by Crippen LogP contribution is -2.02. The number of nitrogens with zero attached hydrogens (tertiary/aromatic N) is 3. The van der Waals surface area contributed by atoms with Gasteiger partial charge in [-0.1, -0.05) is 0 Å². The van der Waals surface area contributed by atoms with E-state index < -0.39 is 21.4 Å². The smallest absolute Gasteiger partial charge is 0.370 e. The molecule has 0 atom stereocenters. The molecule has 8 heteroatoms. The number of nitro groups is 2. The van der Waals surface area contributed by atoms with Crippen LogP contribution in [0.4, 0.5) is 11.5 Å². The van der Waals surface area contributed by atoms with E-state index in [9.17, 15) is 20.2 Å². The molecule has 0 amide bonds. The van der Waals surface area contributed by atoms with E-state index in [0.717, 1.165) is 25.1 Å². The Labute approximate surface area is 89.2 Å². The highest BCUT2D eigenvalue weighted by atomic mass is 16.6. The van der Waals surface area contributed by atoms with Crippen LogP contribution >= 0.6 is 0 Å². The van der Waals surface area contributed by atoms with Crippen molar-refractivity contribution >= 4 is 11.5 Å². The van der Waals surface area contributed by atoms with Gasteiger partial charge in [0, 0.05) is 0 Å². The molecule has 2 rings (SSSR count). The van der Waals surface area contributed by atoms with Gasteiger partial charge in [0.15, 0.2) is 6.20 Å². The highest BCUT2D eigenvalue weighted by Crippen LogP contribution is 2.34. The maximum absolute atomic E-state index is 10.7. The average molecular weight is 225 g/mol. The van der Waals surface area contributed by atoms with Gasteiger partial charge in [-0.2, -0.15) is 0 Å². The summed E-state index contributed by atoms with van der Waals surface area (Å²) in [7, 11) is 0. The molecule has 0 aromatic carbocycles. The highest BCUT2D eigenvalue weighted by molar-refractivity contribution is 5.49. The molecule has 1 aromatic heterocycles. The van der Waals surface area contributed by atoms with Crippen molar-refractivity contribution < 1.29 is 14.6 Å². The number of ether oxygens (including phenoxy) is 1. The third kappa shape index (κ3) is 2.05. The van der Waals surface area contributed by atoms with Crippen LogP contribution in [0.5, 0.6) is 5.75 Å². The molecule has 0 radical (unpaired) electrons. The Bertz CT molecular complexity index is 457. The van der Waals surface area contributed by atoms with Crippen LogP contribution in [0.15, 0.2) is 12.3 Å². The summed E-state index contributed by atoms with van der Waals surface area (Å²) >= 11 is 0. The second-order valence-corrected chi connectivity index (χ2v) is 3.34. The molecule has 8 nitrogen and oxygen atoms in total. The first kappa shape index (κ1) is 10.3. The molecule has 1 aliphatic carbocycles. The van der Waals surface area contributed by atoms with Crippen molar-refractivity contribution in [3.63, 3.8) is 0 Å². The highest BCUT2D eigenvalue weighted by Gasteiger charge is 2.30. The number of pyridine rings is 1. The molecular weight excluding hydrogens is 218 g/mol. The van der Waals surface area contributed by atoms with Crippen molar-refractivity contribution in [2.45, 2.75) is 18.9 Å². The molecule has 0 saturated heterocycles. The van der Waals surface area contributed by atoms with Gasteiger partial charge in [0.2, 0.25) is 5.75 Å². The predicted octanol–water partition coefficient (Wildman–Crippen LogP) is 1.44. The van der Waals surface area contributed by atoms with Crippen LogP contribution < -0.4 is 4.74 Å². The second-order valence-electron chi connectivity index (χ2n) is 3.34. The minimum Gasteiger partial charge on any atom is -0.481 e. The van der Waals surface area contributed by atoms with Crippen LogP contribution in [0.3, 0.4) is 0 Å². The van der Waals surface area contributed by atoms with Crippen molar-refractivity contribution in [3.8, 4) is 5.75 Å². The molecule has 84 valence electrons. The van der Waals surface area contributed by atoms with Gasteiger partial charge >= 0.3 is 11.5 Å². The summed E-state index contributed by atoms with van der Waals surface area (Å²) in [4.78, 5) is 23.0. The lowest BCUT2D eigenvalue weighted by molar-refractivity contribution is -0.397. The fraction of sp³-hybridized carbons (Fsp3) is 0.375. The molecular formula is C8H7N3O5. The lowest BCUT2D eigenvalue weighted by Gasteiger charge is -2.02. The van der Waals surface area contributed by atoms with Crippen LogP contribution in [-0.2, 0) is 0 Å². The van der Waals surface area contributed by atoms with Crippen LogP contribution in [0.25, 0.3) is 0 Å².